The van der Waals surface area contributed by atoms with E-state index in [4.69, 9.17) is 11.0 Å². The van der Waals surface area contributed by atoms with Crippen LogP contribution in [0.5, 0.6) is 5.75 Å². The van der Waals surface area contributed by atoms with Gasteiger partial charge in [-0.3, -0.25) is 0 Å². The molecule has 3 N–H and O–H groups in total. The first kappa shape index (κ1) is 9.86. The molecule has 0 unspecified atom stereocenters. The number of carbonyl (C=O) groups is 1. The summed E-state index contributed by atoms with van der Waals surface area (Å²) in [4.78, 5) is 10.6. The zero-order valence-electron chi connectivity index (χ0n) is 7.57. The molecule has 0 aliphatic heterocycles. The average Bonchev–Trinajstić information content (AvgIpc) is 2.11. The van der Waals surface area contributed by atoms with E-state index in [2.05, 4.69) is 10.1 Å². The van der Waals surface area contributed by atoms with Gasteiger partial charge >= 0.3 is 6.03 Å². The highest BCUT2D eigenvalue weighted by molar-refractivity contribution is 5.89. The van der Waals surface area contributed by atoms with Gasteiger partial charge in [-0.05, 0) is 19.1 Å². The lowest BCUT2D eigenvalue weighted by molar-refractivity contribution is 0.259. The Morgan fingerprint density at radius 3 is 2.93 bits per heavy atom. The molecule has 0 aliphatic rings. The first-order chi connectivity index (χ1) is 6.65. The van der Waals surface area contributed by atoms with Crippen LogP contribution in [-0.2, 0) is 0 Å². The van der Waals surface area contributed by atoms with Crippen molar-refractivity contribution in [3.8, 4) is 12.0 Å². The van der Waals surface area contributed by atoms with Crippen LogP contribution in [0.3, 0.4) is 0 Å². The standard InChI is InChI=1S/C9H9N3O2/c1-6-7(12-9(11)13)3-2-4-8(6)14-5-10/h2-4H,1H3,(H3,11,12,13). The molecule has 0 saturated heterocycles. The highest BCUT2D eigenvalue weighted by Gasteiger charge is 2.05. The van der Waals surface area contributed by atoms with Crippen LogP contribution in [0.2, 0.25) is 0 Å². The van der Waals surface area contributed by atoms with Gasteiger partial charge < -0.3 is 15.8 Å². The Balaban J connectivity index is 3.02. The van der Waals surface area contributed by atoms with Crippen LogP contribution >= 0.6 is 0 Å². The zero-order chi connectivity index (χ0) is 10.6. The molecule has 0 fully saturated rings. The maximum Gasteiger partial charge on any atom is 0.316 e. The number of nitrogens with one attached hydrogen (secondary N) is 1. The molecule has 0 aliphatic carbocycles. The number of amides is 2. The van der Waals surface area contributed by atoms with Gasteiger partial charge in [0, 0.05) is 11.3 Å². The third-order valence-electron chi connectivity index (χ3n) is 1.70. The molecule has 14 heavy (non-hydrogen) atoms. The van der Waals surface area contributed by atoms with Gasteiger partial charge in [-0.15, -0.1) is 5.26 Å². The van der Waals surface area contributed by atoms with Crippen molar-refractivity contribution in [3.63, 3.8) is 0 Å². The van der Waals surface area contributed by atoms with Crippen LogP contribution in [0.15, 0.2) is 18.2 Å². The Morgan fingerprint density at radius 1 is 1.64 bits per heavy atom. The maximum absolute atomic E-state index is 10.6. The summed E-state index contributed by atoms with van der Waals surface area (Å²) in [5, 5.41) is 10.8. The van der Waals surface area contributed by atoms with E-state index in [-0.39, 0.29) is 0 Å². The largest absolute Gasteiger partial charge is 0.388 e. The fourth-order valence-electron chi connectivity index (χ4n) is 1.04. The Bertz CT molecular complexity index is 396. The molecule has 1 aromatic rings. The molecule has 72 valence electrons. The molecule has 0 atom stereocenters. The highest BCUT2D eigenvalue weighted by atomic mass is 16.5. The molecule has 5 heteroatoms. The van der Waals surface area contributed by atoms with Gasteiger partial charge in [-0.1, -0.05) is 6.07 Å². The van der Waals surface area contributed by atoms with Crippen molar-refractivity contribution in [1.29, 1.82) is 5.26 Å². The van der Waals surface area contributed by atoms with Gasteiger partial charge in [0.15, 0.2) is 0 Å². The number of nitrogens with zero attached hydrogens (tertiary/aromatic N) is 1. The van der Waals surface area contributed by atoms with Crippen molar-refractivity contribution in [2.24, 2.45) is 5.73 Å². The summed E-state index contributed by atoms with van der Waals surface area (Å²) in [6.07, 6.45) is 1.56. The predicted octanol–water partition coefficient (Wildman–Crippen LogP) is 1.35. The topological polar surface area (TPSA) is 88.1 Å². The average molecular weight is 191 g/mol. The lowest BCUT2D eigenvalue weighted by Crippen LogP contribution is -2.19. The van der Waals surface area contributed by atoms with Crippen LogP contribution < -0.4 is 15.8 Å². The third kappa shape index (κ3) is 2.14. The Labute approximate surface area is 81.1 Å². The molecule has 0 spiro atoms. The normalized spacial score (nSPS) is 8.86. The Morgan fingerprint density at radius 2 is 2.36 bits per heavy atom. The third-order valence-corrected chi connectivity index (χ3v) is 1.70. The Hall–Kier alpha value is -2.22. The summed E-state index contributed by atoms with van der Waals surface area (Å²) in [7, 11) is 0. The number of carbonyl (C=O) groups excluding carboxylic acids is 1. The van der Waals surface area contributed by atoms with Crippen molar-refractivity contribution in [2.75, 3.05) is 5.32 Å². The second-order valence-electron chi connectivity index (χ2n) is 2.61. The minimum atomic E-state index is -0.651. The SMILES string of the molecule is Cc1c(NC(N)=O)cccc1OC#N. The lowest BCUT2D eigenvalue weighted by atomic mass is 10.2. The second kappa shape index (κ2) is 4.14. The van der Waals surface area contributed by atoms with E-state index in [1.807, 2.05) is 0 Å². The summed E-state index contributed by atoms with van der Waals surface area (Å²) >= 11 is 0. The molecule has 0 radical (unpaired) electrons. The van der Waals surface area contributed by atoms with Crippen molar-refractivity contribution in [3.05, 3.63) is 23.8 Å². The molecular weight excluding hydrogens is 182 g/mol. The molecule has 0 heterocycles. The molecule has 5 nitrogen and oxygen atoms in total. The smallest absolute Gasteiger partial charge is 0.316 e. The van der Waals surface area contributed by atoms with E-state index in [1.54, 1.807) is 31.4 Å². The number of hydrogen-bond donors (Lipinski definition) is 2. The lowest BCUT2D eigenvalue weighted by Gasteiger charge is -2.07. The van der Waals surface area contributed by atoms with Crippen LogP contribution in [0, 0.1) is 18.4 Å². The van der Waals surface area contributed by atoms with Crippen LogP contribution in [0.1, 0.15) is 5.56 Å². The van der Waals surface area contributed by atoms with Crippen molar-refractivity contribution >= 4 is 11.7 Å². The van der Waals surface area contributed by atoms with Crippen LogP contribution in [-0.4, -0.2) is 6.03 Å². The predicted molar refractivity (Wildman–Crippen MR) is 50.6 cm³/mol. The van der Waals surface area contributed by atoms with Crippen molar-refractivity contribution in [2.45, 2.75) is 6.92 Å². The van der Waals surface area contributed by atoms with Crippen LogP contribution in [0.4, 0.5) is 10.5 Å². The van der Waals surface area contributed by atoms with Gasteiger partial charge in [0.2, 0.25) is 0 Å². The molecule has 1 aromatic carbocycles. The Kier molecular flexibility index (Phi) is 2.92. The maximum atomic E-state index is 10.6. The number of primary amides is 1. The van der Waals surface area contributed by atoms with E-state index < -0.39 is 6.03 Å². The fourth-order valence-corrected chi connectivity index (χ4v) is 1.04. The molecule has 0 bridgehead atoms. The zero-order valence-corrected chi connectivity index (χ0v) is 7.57. The number of benzene rings is 1. The van der Waals surface area contributed by atoms with Crippen molar-refractivity contribution < 1.29 is 9.53 Å². The minimum Gasteiger partial charge on any atom is -0.388 e. The van der Waals surface area contributed by atoms with Gasteiger partial charge in [-0.25, -0.2) is 4.79 Å². The number of ether oxygens (including phenoxy) is 1. The number of urea groups is 1. The molecule has 1 rings (SSSR count). The van der Waals surface area contributed by atoms with E-state index in [0.717, 1.165) is 0 Å². The van der Waals surface area contributed by atoms with Gasteiger partial charge in [-0.2, -0.15) is 0 Å². The van der Waals surface area contributed by atoms with Gasteiger partial charge in [0.05, 0.1) is 0 Å². The quantitative estimate of drug-likeness (QED) is 0.691. The van der Waals surface area contributed by atoms with Gasteiger partial charge in [0.25, 0.3) is 6.26 Å². The van der Waals surface area contributed by atoms with E-state index in [9.17, 15) is 4.79 Å². The number of hydrogen-bond acceptors (Lipinski definition) is 3. The number of nitrogens with two attached hydrogens (primary N) is 1. The molecule has 0 aromatic heterocycles. The molecule has 2 amide bonds. The summed E-state index contributed by atoms with van der Waals surface area (Å²) < 4.78 is 4.67. The number of nitriles is 1. The van der Waals surface area contributed by atoms with Crippen LogP contribution in [0.25, 0.3) is 0 Å². The first-order valence-corrected chi connectivity index (χ1v) is 3.87. The summed E-state index contributed by atoms with van der Waals surface area (Å²) in [5.74, 6) is 0.402. The molecular formula is C9H9N3O2. The first-order valence-electron chi connectivity index (χ1n) is 3.87. The monoisotopic (exact) mass is 191 g/mol. The van der Waals surface area contributed by atoms with E-state index in [1.165, 1.54) is 0 Å². The summed E-state index contributed by atoms with van der Waals surface area (Å²) in [6, 6.07) is 4.31. The van der Waals surface area contributed by atoms with E-state index in [0.29, 0.717) is 17.0 Å². The minimum absolute atomic E-state index is 0.402. The summed E-state index contributed by atoms with van der Waals surface area (Å²) in [5.41, 5.74) is 6.15. The second-order valence-corrected chi connectivity index (χ2v) is 2.61. The summed E-state index contributed by atoms with van der Waals surface area (Å²) in [6.45, 7) is 1.72. The van der Waals surface area contributed by atoms with Crippen molar-refractivity contribution in [1.82, 2.24) is 0 Å². The highest BCUT2D eigenvalue weighted by Crippen LogP contribution is 2.24. The molecule has 0 saturated carbocycles. The number of anilines is 1. The fraction of sp³-hybridized carbons (Fsp3) is 0.111. The van der Waals surface area contributed by atoms with E-state index >= 15 is 0 Å². The number of rotatable bonds is 2. The van der Waals surface area contributed by atoms with Gasteiger partial charge in [0.1, 0.15) is 5.75 Å².